The fourth-order valence-electron chi connectivity index (χ4n) is 2.02. The van der Waals surface area contributed by atoms with E-state index in [1.54, 1.807) is 38.2 Å². The third-order valence-electron chi connectivity index (χ3n) is 3.22. The summed E-state index contributed by atoms with van der Waals surface area (Å²) in [7, 11) is 3.56. The third-order valence-corrected chi connectivity index (χ3v) is 3.22. The minimum atomic E-state index is -0.442. The zero-order valence-electron chi connectivity index (χ0n) is 10.4. The number of amides is 1. The van der Waals surface area contributed by atoms with Gasteiger partial charge in [0.05, 0.1) is 5.41 Å². The van der Waals surface area contributed by atoms with Crippen LogP contribution in [0.5, 0.6) is 0 Å². The van der Waals surface area contributed by atoms with Crippen molar-refractivity contribution < 1.29 is 9.18 Å². The Morgan fingerprint density at radius 2 is 2.06 bits per heavy atom. The number of carbonyl (C=O) groups is 1. The van der Waals surface area contributed by atoms with Crippen LogP contribution in [0.1, 0.15) is 24.0 Å². The summed E-state index contributed by atoms with van der Waals surface area (Å²) in [5.74, 6) is -0.230. The average Bonchev–Trinajstić information content (AvgIpc) is 3.02. The molecule has 1 aromatic rings. The number of benzene rings is 1. The van der Waals surface area contributed by atoms with Gasteiger partial charge in [0.1, 0.15) is 5.82 Å². The standard InChI is InChI=1S/C13H17FN2O/c1-9-8-10(4-5-11(9)14)13(6-7-13)12(17)15-16(2)3/h4-5,8H,6-7H2,1-3H3,(H,15,17). The zero-order chi connectivity index (χ0) is 12.6. The highest BCUT2D eigenvalue weighted by atomic mass is 19.1. The molecule has 2 rings (SSSR count). The smallest absolute Gasteiger partial charge is 0.244 e. The molecular weight excluding hydrogens is 219 g/mol. The molecule has 0 atom stereocenters. The van der Waals surface area contributed by atoms with Crippen LogP contribution in [-0.2, 0) is 10.2 Å². The lowest BCUT2D eigenvalue weighted by molar-refractivity contribution is -0.127. The van der Waals surface area contributed by atoms with Crippen molar-refractivity contribution in [2.24, 2.45) is 0 Å². The Hall–Kier alpha value is -1.42. The minimum absolute atomic E-state index is 0.00601. The number of hydrogen-bond donors (Lipinski definition) is 1. The monoisotopic (exact) mass is 236 g/mol. The Bertz CT molecular complexity index is 453. The maximum absolute atomic E-state index is 13.2. The van der Waals surface area contributed by atoms with Gasteiger partial charge in [0.2, 0.25) is 5.91 Å². The first kappa shape index (κ1) is 12.0. The fraction of sp³-hybridized carbons (Fsp3) is 0.462. The average molecular weight is 236 g/mol. The summed E-state index contributed by atoms with van der Waals surface area (Å²) in [6.45, 7) is 1.72. The molecule has 0 aromatic heterocycles. The molecule has 1 aromatic carbocycles. The van der Waals surface area contributed by atoms with Gasteiger partial charge in [0.15, 0.2) is 0 Å². The van der Waals surface area contributed by atoms with E-state index in [4.69, 9.17) is 0 Å². The molecule has 0 spiro atoms. The van der Waals surface area contributed by atoms with E-state index in [1.807, 2.05) is 0 Å². The fourth-order valence-corrected chi connectivity index (χ4v) is 2.02. The van der Waals surface area contributed by atoms with Gasteiger partial charge in [-0.25, -0.2) is 9.40 Å². The Kier molecular flexibility index (Phi) is 2.91. The summed E-state index contributed by atoms with van der Waals surface area (Å²) in [6.07, 6.45) is 1.66. The number of rotatable bonds is 3. The number of halogens is 1. The second-order valence-electron chi connectivity index (χ2n) is 4.88. The highest BCUT2D eigenvalue weighted by Crippen LogP contribution is 2.48. The van der Waals surface area contributed by atoms with Crippen LogP contribution in [0.2, 0.25) is 0 Å². The highest BCUT2D eigenvalue weighted by molar-refractivity contribution is 5.90. The molecule has 0 bridgehead atoms. The first-order valence-electron chi connectivity index (χ1n) is 5.71. The Balaban J connectivity index is 2.26. The van der Waals surface area contributed by atoms with Crippen molar-refractivity contribution in [3.8, 4) is 0 Å². The SMILES string of the molecule is Cc1cc(C2(C(=O)NN(C)C)CC2)ccc1F. The first-order valence-corrected chi connectivity index (χ1v) is 5.71. The first-order chi connectivity index (χ1) is 7.95. The molecule has 3 nitrogen and oxygen atoms in total. The van der Waals surface area contributed by atoms with Crippen molar-refractivity contribution in [1.82, 2.24) is 10.4 Å². The van der Waals surface area contributed by atoms with E-state index >= 15 is 0 Å². The summed E-state index contributed by atoms with van der Waals surface area (Å²) >= 11 is 0. The van der Waals surface area contributed by atoms with E-state index in [1.165, 1.54) is 6.07 Å². The van der Waals surface area contributed by atoms with Gasteiger partial charge in [0, 0.05) is 14.1 Å². The van der Waals surface area contributed by atoms with Crippen LogP contribution in [0.25, 0.3) is 0 Å². The van der Waals surface area contributed by atoms with Crippen molar-refractivity contribution in [2.75, 3.05) is 14.1 Å². The van der Waals surface area contributed by atoms with Crippen LogP contribution < -0.4 is 5.43 Å². The number of aryl methyl sites for hydroxylation is 1. The predicted molar refractivity (Wildman–Crippen MR) is 63.9 cm³/mol. The van der Waals surface area contributed by atoms with Gasteiger partial charge in [-0.15, -0.1) is 0 Å². The molecule has 1 aliphatic rings. The highest BCUT2D eigenvalue weighted by Gasteiger charge is 2.51. The van der Waals surface area contributed by atoms with Crippen LogP contribution in [0, 0.1) is 12.7 Å². The number of hydrogen-bond acceptors (Lipinski definition) is 2. The van der Waals surface area contributed by atoms with Gasteiger partial charge in [-0.3, -0.25) is 10.2 Å². The van der Waals surface area contributed by atoms with Crippen LogP contribution >= 0.6 is 0 Å². The molecule has 0 heterocycles. The van der Waals surface area contributed by atoms with E-state index in [0.717, 1.165) is 18.4 Å². The molecule has 1 amide bonds. The van der Waals surface area contributed by atoms with Gasteiger partial charge in [0.25, 0.3) is 0 Å². The van der Waals surface area contributed by atoms with Gasteiger partial charge < -0.3 is 0 Å². The summed E-state index contributed by atoms with van der Waals surface area (Å²) in [5.41, 5.74) is 3.84. The number of nitrogens with one attached hydrogen (secondary N) is 1. The molecule has 1 fully saturated rings. The second kappa shape index (κ2) is 4.11. The van der Waals surface area contributed by atoms with E-state index < -0.39 is 5.41 Å². The zero-order valence-corrected chi connectivity index (χ0v) is 10.4. The van der Waals surface area contributed by atoms with Crippen LogP contribution in [0.15, 0.2) is 18.2 Å². The molecule has 4 heteroatoms. The summed E-state index contributed by atoms with van der Waals surface area (Å²) in [5, 5.41) is 1.64. The molecule has 0 saturated heterocycles. The topological polar surface area (TPSA) is 32.3 Å². The van der Waals surface area contributed by atoms with Crippen molar-refractivity contribution in [1.29, 1.82) is 0 Å². The van der Waals surface area contributed by atoms with Crippen molar-refractivity contribution >= 4 is 5.91 Å². The lowest BCUT2D eigenvalue weighted by Gasteiger charge is -2.19. The van der Waals surface area contributed by atoms with Crippen LogP contribution in [-0.4, -0.2) is 25.0 Å². The minimum Gasteiger partial charge on any atom is -0.289 e. The lowest BCUT2D eigenvalue weighted by atomic mass is 9.93. The van der Waals surface area contributed by atoms with E-state index in [-0.39, 0.29) is 11.7 Å². The summed E-state index contributed by atoms with van der Waals surface area (Å²) in [6, 6.07) is 4.93. The van der Waals surface area contributed by atoms with Crippen molar-refractivity contribution in [3.05, 3.63) is 35.1 Å². The van der Waals surface area contributed by atoms with Gasteiger partial charge in [-0.2, -0.15) is 0 Å². The Labute approximate surface area is 101 Å². The number of hydrazine groups is 1. The van der Waals surface area contributed by atoms with Crippen molar-refractivity contribution in [2.45, 2.75) is 25.2 Å². The van der Waals surface area contributed by atoms with E-state index in [0.29, 0.717) is 5.56 Å². The maximum Gasteiger partial charge on any atom is 0.244 e. The van der Waals surface area contributed by atoms with E-state index in [2.05, 4.69) is 5.43 Å². The molecule has 1 saturated carbocycles. The van der Waals surface area contributed by atoms with Gasteiger partial charge in [-0.05, 0) is 37.0 Å². The Morgan fingerprint density at radius 1 is 1.41 bits per heavy atom. The van der Waals surface area contributed by atoms with Crippen LogP contribution in [0.3, 0.4) is 0 Å². The molecule has 1 aliphatic carbocycles. The normalized spacial score (nSPS) is 17.0. The van der Waals surface area contributed by atoms with Gasteiger partial charge in [-0.1, -0.05) is 12.1 Å². The predicted octanol–water partition coefficient (Wildman–Crippen LogP) is 1.76. The number of carbonyl (C=O) groups excluding carboxylic acids is 1. The molecular formula is C13H17FN2O. The summed E-state index contributed by atoms with van der Waals surface area (Å²) < 4.78 is 13.2. The molecule has 0 unspecified atom stereocenters. The molecule has 1 N–H and O–H groups in total. The van der Waals surface area contributed by atoms with E-state index in [9.17, 15) is 9.18 Å². The summed E-state index contributed by atoms with van der Waals surface area (Å²) in [4.78, 5) is 12.1. The second-order valence-corrected chi connectivity index (χ2v) is 4.88. The third kappa shape index (κ3) is 2.17. The molecule has 17 heavy (non-hydrogen) atoms. The number of nitrogens with zero attached hydrogens (tertiary/aromatic N) is 1. The molecule has 0 aliphatic heterocycles. The van der Waals surface area contributed by atoms with Crippen molar-refractivity contribution in [3.63, 3.8) is 0 Å². The van der Waals surface area contributed by atoms with Crippen LogP contribution in [0.4, 0.5) is 4.39 Å². The Morgan fingerprint density at radius 3 is 2.53 bits per heavy atom. The lowest BCUT2D eigenvalue weighted by Crippen LogP contribution is -2.42. The quantitative estimate of drug-likeness (QED) is 0.811. The maximum atomic E-state index is 13.2. The molecule has 92 valence electrons. The van der Waals surface area contributed by atoms with Gasteiger partial charge >= 0.3 is 0 Å². The molecule has 0 radical (unpaired) electrons. The largest absolute Gasteiger partial charge is 0.289 e.